The Kier molecular flexibility index (Phi) is 17.7. The van der Waals surface area contributed by atoms with E-state index in [0.717, 1.165) is 5.56 Å². The summed E-state index contributed by atoms with van der Waals surface area (Å²) in [5.74, 6) is 0. The molecule has 286 valence electrons. The summed E-state index contributed by atoms with van der Waals surface area (Å²) >= 11 is -0.755. The number of aromatic nitrogens is 1. The number of hydrogen-bond donors (Lipinski definition) is 0. The van der Waals surface area contributed by atoms with E-state index in [1.807, 2.05) is 5.79 Å². The molecule has 0 unspecified atom stereocenters. The summed E-state index contributed by atoms with van der Waals surface area (Å²) in [5, 5.41) is 0. The first-order valence-electron chi connectivity index (χ1n) is 21.2. The number of rotatable bonds is 24. The van der Waals surface area contributed by atoms with Crippen molar-refractivity contribution in [1.29, 1.82) is 0 Å². The Morgan fingerprint density at radius 2 is 0.865 bits per heavy atom. The number of nitrogens with zero attached hydrogens (tertiary/aromatic N) is 1. The van der Waals surface area contributed by atoms with Crippen LogP contribution in [0.1, 0.15) is 130 Å². The van der Waals surface area contributed by atoms with Gasteiger partial charge in [0.25, 0.3) is 0 Å². The molecule has 7 heteroatoms. The van der Waals surface area contributed by atoms with Crippen molar-refractivity contribution in [3.8, 4) is 26.8 Å². The fourth-order valence-corrected chi connectivity index (χ4v) is 48.8. The first-order chi connectivity index (χ1) is 25.5. The molecule has 0 N–H and O–H groups in total. The van der Waals surface area contributed by atoms with Crippen molar-refractivity contribution in [2.75, 3.05) is 13.2 Å². The van der Waals surface area contributed by atoms with Crippen LogP contribution in [-0.2, 0) is 9.47 Å². The van der Waals surface area contributed by atoms with Gasteiger partial charge in [0.05, 0.1) is 0 Å². The average Bonchev–Trinajstić information content (AvgIpc) is 4.02. The van der Waals surface area contributed by atoms with E-state index >= 15 is 0 Å². The maximum atomic E-state index is 5.88. The van der Waals surface area contributed by atoms with Gasteiger partial charge in [0.1, 0.15) is 0 Å². The Bertz CT molecular complexity index is 1470. The molecule has 1 aliphatic rings. The third-order valence-corrected chi connectivity index (χ3v) is 50.5. The molecular formula is C45H69NO2S2Sn2. The monoisotopic (exact) mass is 959 g/mol. The number of thiophene rings is 2. The van der Waals surface area contributed by atoms with E-state index in [1.165, 1.54) is 130 Å². The number of ether oxygens (including phenoxy) is 2. The molecule has 1 aliphatic heterocycles. The summed E-state index contributed by atoms with van der Waals surface area (Å²) in [5.41, 5.74) is 5.04. The van der Waals surface area contributed by atoms with Gasteiger partial charge in [0.15, 0.2) is 0 Å². The van der Waals surface area contributed by atoms with E-state index in [1.54, 1.807) is 0 Å². The Balaban J connectivity index is 1.61. The Labute approximate surface area is 334 Å². The third kappa shape index (κ3) is 10.4. The van der Waals surface area contributed by atoms with Crippen LogP contribution in [0.15, 0.2) is 60.7 Å². The second-order valence-corrected chi connectivity index (χ2v) is 46.1. The molecule has 4 heterocycles. The molecule has 0 bridgehead atoms. The molecule has 3 nitrogen and oxygen atoms in total. The van der Waals surface area contributed by atoms with Crippen LogP contribution in [0.4, 0.5) is 0 Å². The molecule has 0 aliphatic carbocycles. The summed E-state index contributed by atoms with van der Waals surface area (Å²) in [6, 6.07) is 24.1. The first-order valence-corrected chi connectivity index (χ1v) is 37.8. The molecule has 4 aromatic rings. The molecule has 1 saturated heterocycles. The van der Waals surface area contributed by atoms with Crippen molar-refractivity contribution in [1.82, 2.24) is 4.57 Å². The molecule has 52 heavy (non-hydrogen) atoms. The fourth-order valence-electron chi connectivity index (χ4n) is 8.53. The third-order valence-electron chi connectivity index (χ3n) is 11.7. The topological polar surface area (TPSA) is 23.4 Å². The van der Waals surface area contributed by atoms with Crippen LogP contribution >= 0.6 is 22.7 Å². The predicted molar refractivity (Wildman–Crippen MR) is 236 cm³/mol. The van der Waals surface area contributed by atoms with Gasteiger partial charge in [0, 0.05) is 0 Å². The Morgan fingerprint density at radius 3 is 1.21 bits per heavy atom. The second-order valence-electron chi connectivity index (χ2n) is 15.6. The van der Waals surface area contributed by atoms with Crippen LogP contribution in [0, 0.1) is 0 Å². The van der Waals surface area contributed by atoms with E-state index in [9.17, 15) is 0 Å². The van der Waals surface area contributed by atoms with Crippen molar-refractivity contribution in [3.63, 3.8) is 0 Å². The van der Waals surface area contributed by atoms with Gasteiger partial charge in [0.2, 0.25) is 0 Å². The predicted octanol–water partition coefficient (Wildman–Crippen LogP) is 14.1. The molecule has 5 rings (SSSR count). The Hall–Kier alpha value is -0.583. The molecule has 3 aromatic heterocycles. The van der Waals surface area contributed by atoms with E-state index in [4.69, 9.17) is 9.47 Å². The standard InChI is InChI=1S/C21H15NO2S2.6C4H9.2Sn/c1-3-19(25-13-1)17-9-10-18(20-4-2-14-26-20)22(17)16-7-5-15(6-8-16)21-23-11-12-24-21;6*1-3-4-2;;/h1-10,21H,11-12H2;6*1,3-4H2,2H3;;. The molecule has 1 aromatic carbocycles. The number of unbranched alkanes of at least 4 members (excludes halogenated alkanes) is 6. The van der Waals surface area contributed by atoms with Crippen LogP contribution in [0.2, 0.25) is 26.6 Å². The zero-order valence-electron chi connectivity index (χ0n) is 33.6. The van der Waals surface area contributed by atoms with Crippen LogP contribution < -0.4 is 5.79 Å². The zero-order valence-corrected chi connectivity index (χ0v) is 40.9. The van der Waals surface area contributed by atoms with E-state index < -0.39 is 36.8 Å². The van der Waals surface area contributed by atoms with Crippen molar-refractivity contribution in [3.05, 3.63) is 66.2 Å². The van der Waals surface area contributed by atoms with Gasteiger partial charge in [-0.3, -0.25) is 0 Å². The van der Waals surface area contributed by atoms with Crippen LogP contribution in [0.5, 0.6) is 0 Å². The van der Waals surface area contributed by atoms with Crippen LogP contribution in [0.25, 0.3) is 26.8 Å². The summed E-state index contributed by atoms with van der Waals surface area (Å²) in [7, 11) is 0. The van der Waals surface area contributed by atoms with Gasteiger partial charge >= 0.3 is 337 Å². The summed E-state index contributed by atoms with van der Waals surface area (Å²) in [6.45, 7) is 15.7. The van der Waals surface area contributed by atoms with Gasteiger partial charge in [-0.2, -0.15) is 0 Å². The maximum absolute atomic E-state index is 5.88. The molecule has 1 fully saturated rings. The van der Waals surface area contributed by atoms with Crippen molar-refractivity contribution < 1.29 is 9.47 Å². The summed E-state index contributed by atoms with van der Waals surface area (Å²) in [6.07, 6.45) is 16.1. The summed E-state index contributed by atoms with van der Waals surface area (Å²) in [4.78, 5) is 2.88. The van der Waals surface area contributed by atoms with Crippen molar-refractivity contribution in [2.45, 2.75) is 152 Å². The average molecular weight is 958 g/mol. The van der Waals surface area contributed by atoms with Gasteiger partial charge in [-0.15, -0.1) is 0 Å². The molecular weight excluding hydrogens is 888 g/mol. The summed E-state index contributed by atoms with van der Waals surface area (Å²) < 4.78 is 27.1. The minimum absolute atomic E-state index is 0.248. The van der Waals surface area contributed by atoms with Gasteiger partial charge < -0.3 is 0 Å². The van der Waals surface area contributed by atoms with Crippen LogP contribution in [0.3, 0.4) is 0 Å². The quantitative estimate of drug-likeness (QED) is 0.0653. The van der Waals surface area contributed by atoms with E-state index in [-0.39, 0.29) is 6.29 Å². The van der Waals surface area contributed by atoms with Gasteiger partial charge in [-0.25, -0.2) is 0 Å². The van der Waals surface area contributed by atoms with E-state index in [2.05, 4.69) is 129 Å². The molecule has 0 atom stereocenters. The molecule has 0 amide bonds. The molecule has 0 spiro atoms. The number of hydrogen-bond acceptors (Lipinski definition) is 4. The van der Waals surface area contributed by atoms with Crippen LogP contribution in [-0.4, -0.2) is 54.5 Å². The zero-order chi connectivity index (χ0) is 36.8. The van der Waals surface area contributed by atoms with Crippen molar-refractivity contribution >= 4 is 65.2 Å². The first kappa shape index (κ1) is 42.6. The fraction of sp³-hybridized carbons (Fsp3) is 0.600. The molecule has 0 saturated carbocycles. The normalized spacial score (nSPS) is 14.2. The number of benzene rings is 1. The molecule has 0 radical (unpaired) electrons. The Morgan fingerprint density at radius 1 is 0.500 bits per heavy atom. The van der Waals surface area contributed by atoms with Crippen molar-refractivity contribution in [2.24, 2.45) is 0 Å². The van der Waals surface area contributed by atoms with Gasteiger partial charge in [-0.1, -0.05) is 0 Å². The van der Waals surface area contributed by atoms with E-state index in [0.29, 0.717) is 13.2 Å². The minimum atomic E-state index is -2.55. The van der Waals surface area contributed by atoms with Gasteiger partial charge in [-0.05, 0) is 0 Å². The second kappa shape index (κ2) is 21.6. The SMILES string of the molecule is CCC[CH2][Sn]([CH2]CCC)([CH2]CCC)[c]1ccc(-c2ccc(-c3cc[c]([Sn]([CH2]CCC)([CH2]CCC)[CH2]CCC)s3)n2-c2ccc(C3OCCO3)cc2)s1.